The summed E-state index contributed by atoms with van der Waals surface area (Å²) in [5.41, 5.74) is 7.75. The fourth-order valence-electron chi connectivity index (χ4n) is 2.04. The molecule has 0 bridgehead atoms. The Hall–Kier alpha value is -2.41. The molecule has 6 nitrogen and oxygen atoms in total. The van der Waals surface area contributed by atoms with Gasteiger partial charge in [-0.15, -0.1) is 0 Å². The Morgan fingerprint density at radius 1 is 1.39 bits per heavy atom. The molecule has 2 aromatic rings. The maximum atomic E-state index is 13.0. The highest BCUT2D eigenvalue weighted by Gasteiger charge is 2.19. The first-order valence-electron chi connectivity index (χ1n) is 7.28. The summed E-state index contributed by atoms with van der Waals surface area (Å²) >= 11 is 0. The number of hydrogen-bond donors (Lipinski definition) is 3. The maximum absolute atomic E-state index is 13.0. The molecular weight excluding hydrogens is 299 g/mol. The van der Waals surface area contributed by atoms with E-state index < -0.39 is 17.7 Å². The number of nitrogens with zero attached hydrogens (tertiary/aromatic N) is 1. The van der Waals surface area contributed by atoms with Crippen LogP contribution in [0.4, 0.5) is 9.18 Å². The highest BCUT2D eigenvalue weighted by Crippen LogP contribution is 2.25. The first kappa shape index (κ1) is 17.0. The van der Waals surface area contributed by atoms with Crippen LogP contribution in [0.3, 0.4) is 0 Å². The predicted octanol–water partition coefficient (Wildman–Crippen LogP) is 2.74. The monoisotopic (exact) mass is 320 g/mol. The van der Waals surface area contributed by atoms with Crippen LogP contribution >= 0.6 is 0 Å². The van der Waals surface area contributed by atoms with E-state index >= 15 is 0 Å². The van der Waals surface area contributed by atoms with Crippen molar-refractivity contribution < 1.29 is 13.9 Å². The minimum atomic E-state index is -0.566. The van der Waals surface area contributed by atoms with Gasteiger partial charge in [0.2, 0.25) is 0 Å². The molecule has 0 fully saturated rings. The Balaban J connectivity index is 2.04. The molecule has 1 aromatic heterocycles. The third-order valence-electron chi connectivity index (χ3n) is 3.07. The van der Waals surface area contributed by atoms with Crippen molar-refractivity contribution in [2.24, 2.45) is 5.73 Å². The van der Waals surface area contributed by atoms with E-state index in [-0.39, 0.29) is 12.4 Å². The lowest BCUT2D eigenvalue weighted by Gasteiger charge is -2.20. The van der Waals surface area contributed by atoms with Gasteiger partial charge in [-0.3, -0.25) is 5.10 Å². The number of aromatic nitrogens is 2. The Morgan fingerprint density at radius 2 is 2.04 bits per heavy atom. The van der Waals surface area contributed by atoms with Crippen molar-refractivity contribution in [2.75, 3.05) is 6.54 Å². The number of amides is 1. The minimum absolute atomic E-state index is 0.197. The molecule has 1 heterocycles. The Labute approximate surface area is 134 Å². The van der Waals surface area contributed by atoms with Crippen LogP contribution in [-0.2, 0) is 4.74 Å². The first-order chi connectivity index (χ1) is 10.8. The summed E-state index contributed by atoms with van der Waals surface area (Å²) in [6, 6.07) is 5.54. The number of halogens is 1. The van der Waals surface area contributed by atoms with E-state index in [2.05, 4.69) is 15.5 Å². The zero-order valence-electron chi connectivity index (χ0n) is 13.4. The van der Waals surface area contributed by atoms with Crippen LogP contribution in [0.5, 0.6) is 0 Å². The van der Waals surface area contributed by atoms with Gasteiger partial charge in [0.1, 0.15) is 11.4 Å². The van der Waals surface area contributed by atoms with Crippen molar-refractivity contribution in [2.45, 2.75) is 32.4 Å². The number of benzene rings is 1. The fraction of sp³-hybridized carbons (Fsp3) is 0.375. The molecule has 4 N–H and O–H groups in total. The van der Waals surface area contributed by atoms with Gasteiger partial charge in [-0.25, -0.2) is 9.18 Å². The number of aromatic amines is 1. The summed E-state index contributed by atoms with van der Waals surface area (Å²) in [6.07, 6.45) is 1.07. The lowest BCUT2D eigenvalue weighted by atomic mass is 10.0. The number of hydrogen-bond acceptors (Lipinski definition) is 4. The second kappa shape index (κ2) is 6.78. The Kier molecular flexibility index (Phi) is 5.00. The molecule has 1 unspecified atom stereocenters. The summed E-state index contributed by atoms with van der Waals surface area (Å²) in [4.78, 5) is 11.7. The summed E-state index contributed by atoms with van der Waals surface area (Å²) in [7, 11) is 0. The molecule has 23 heavy (non-hydrogen) atoms. The average Bonchev–Trinajstić information content (AvgIpc) is 2.93. The summed E-state index contributed by atoms with van der Waals surface area (Å²) in [6.45, 7) is 5.56. The van der Waals surface area contributed by atoms with Crippen LogP contribution in [0.1, 0.15) is 32.4 Å². The molecule has 2 rings (SSSR count). The number of carbonyl (C=O) groups excluding carboxylic acids is 1. The summed E-state index contributed by atoms with van der Waals surface area (Å²) < 4.78 is 18.2. The zero-order chi connectivity index (χ0) is 17.0. The molecule has 0 aliphatic heterocycles. The highest BCUT2D eigenvalue weighted by molar-refractivity contribution is 5.68. The molecule has 0 radical (unpaired) electrons. The number of ether oxygens (including phenoxy) is 1. The van der Waals surface area contributed by atoms with Crippen LogP contribution < -0.4 is 11.1 Å². The van der Waals surface area contributed by atoms with Crippen molar-refractivity contribution >= 4 is 6.09 Å². The predicted molar refractivity (Wildman–Crippen MR) is 85.1 cm³/mol. The molecule has 7 heteroatoms. The molecule has 0 spiro atoms. The van der Waals surface area contributed by atoms with Gasteiger partial charge in [-0.05, 0) is 45.0 Å². The number of carbonyl (C=O) groups is 1. The van der Waals surface area contributed by atoms with Crippen molar-refractivity contribution in [3.63, 3.8) is 0 Å². The van der Waals surface area contributed by atoms with Crippen LogP contribution in [0.25, 0.3) is 11.3 Å². The van der Waals surface area contributed by atoms with Gasteiger partial charge in [0.25, 0.3) is 0 Å². The van der Waals surface area contributed by atoms with Gasteiger partial charge in [0, 0.05) is 17.7 Å². The summed E-state index contributed by atoms with van der Waals surface area (Å²) in [5, 5.41) is 9.46. The molecule has 0 saturated carbocycles. The third-order valence-corrected chi connectivity index (χ3v) is 3.07. The average molecular weight is 320 g/mol. The standard InChI is InChI=1S/C16H21FN4O2/c1-16(2,3)23-15(22)19-9-13(18)12-8-20-21-14(12)10-4-6-11(17)7-5-10/h4-8,13H,9,18H2,1-3H3,(H,19,22)(H,20,21). The molecule has 0 saturated heterocycles. The van der Waals surface area contributed by atoms with Crippen molar-refractivity contribution in [3.05, 3.63) is 41.8 Å². The number of H-pyrrole nitrogens is 1. The lowest BCUT2D eigenvalue weighted by Crippen LogP contribution is -2.36. The van der Waals surface area contributed by atoms with Crippen LogP contribution in [0.15, 0.2) is 30.5 Å². The quantitative estimate of drug-likeness (QED) is 0.807. The number of nitrogens with two attached hydrogens (primary N) is 1. The van der Waals surface area contributed by atoms with Gasteiger partial charge in [0.15, 0.2) is 0 Å². The second-order valence-electron chi connectivity index (χ2n) is 6.20. The van der Waals surface area contributed by atoms with Crippen LogP contribution in [0.2, 0.25) is 0 Å². The fourth-order valence-corrected chi connectivity index (χ4v) is 2.04. The molecule has 0 aliphatic carbocycles. The van der Waals surface area contributed by atoms with E-state index in [9.17, 15) is 9.18 Å². The van der Waals surface area contributed by atoms with Gasteiger partial charge < -0.3 is 15.8 Å². The largest absolute Gasteiger partial charge is 0.444 e. The lowest BCUT2D eigenvalue weighted by molar-refractivity contribution is 0.0524. The second-order valence-corrected chi connectivity index (χ2v) is 6.20. The van der Waals surface area contributed by atoms with Crippen LogP contribution in [0, 0.1) is 5.82 Å². The van der Waals surface area contributed by atoms with Crippen molar-refractivity contribution in [1.82, 2.24) is 15.5 Å². The summed E-state index contributed by atoms with van der Waals surface area (Å²) in [5.74, 6) is -0.314. The normalized spacial score (nSPS) is 12.7. The molecule has 1 amide bonds. The molecule has 1 aromatic carbocycles. The van der Waals surface area contributed by atoms with Gasteiger partial charge in [-0.1, -0.05) is 0 Å². The highest BCUT2D eigenvalue weighted by atomic mass is 19.1. The maximum Gasteiger partial charge on any atom is 0.407 e. The molecule has 124 valence electrons. The Bertz CT molecular complexity index is 661. The van der Waals surface area contributed by atoms with Gasteiger partial charge >= 0.3 is 6.09 Å². The first-order valence-corrected chi connectivity index (χ1v) is 7.28. The number of alkyl carbamates (subject to hydrolysis) is 1. The van der Waals surface area contributed by atoms with Crippen molar-refractivity contribution in [1.29, 1.82) is 0 Å². The van der Waals surface area contributed by atoms with Gasteiger partial charge in [-0.2, -0.15) is 5.10 Å². The van der Waals surface area contributed by atoms with E-state index in [1.165, 1.54) is 12.1 Å². The van der Waals surface area contributed by atoms with Crippen LogP contribution in [-0.4, -0.2) is 28.4 Å². The minimum Gasteiger partial charge on any atom is -0.444 e. The SMILES string of the molecule is CC(C)(C)OC(=O)NCC(N)c1cn[nH]c1-c1ccc(F)cc1. The smallest absolute Gasteiger partial charge is 0.407 e. The zero-order valence-corrected chi connectivity index (χ0v) is 13.4. The third kappa shape index (κ3) is 4.79. The van der Waals surface area contributed by atoms with E-state index in [1.54, 1.807) is 39.1 Å². The molecule has 1 atom stereocenters. The van der Waals surface area contributed by atoms with E-state index in [0.29, 0.717) is 5.69 Å². The van der Waals surface area contributed by atoms with Gasteiger partial charge in [0.05, 0.1) is 17.9 Å². The number of rotatable bonds is 4. The topological polar surface area (TPSA) is 93.0 Å². The van der Waals surface area contributed by atoms with E-state index in [4.69, 9.17) is 10.5 Å². The number of nitrogens with one attached hydrogen (secondary N) is 2. The molecule has 0 aliphatic rings. The van der Waals surface area contributed by atoms with E-state index in [1.807, 2.05) is 0 Å². The molecular formula is C16H21FN4O2. The van der Waals surface area contributed by atoms with Crippen molar-refractivity contribution in [3.8, 4) is 11.3 Å². The Morgan fingerprint density at radius 3 is 2.65 bits per heavy atom. The van der Waals surface area contributed by atoms with E-state index in [0.717, 1.165) is 11.1 Å².